The molecule has 1 saturated heterocycles. The molecule has 2 aliphatic rings. The van der Waals surface area contributed by atoms with Gasteiger partial charge < -0.3 is 15.5 Å². The molecule has 6 nitrogen and oxygen atoms in total. The summed E-state index contributed by atoms with van der Waals surface area (Å²) in [7, 11) is 0. The van der Waals surface area contributed by atoms with E-state index in [-0.39, 0.29) is 11.7 Å². The molecule has 0 bridgehead atoms. The van der Waals surface area contributed by atoms with E-state index in [1.54, 1.807) is 6.07 Å². The van der Waals surface area contributed by atoms with Crippen LogP contribution in [-0.4, -0.2) is 67.5 Å². The minimum Gasteiger partial charge on any atom is -0.357 e. The number of hydrogen-bond acceptors (Lipinski definition) is 3. The van der Waals surface area contributed by atoms with Crippen molar-refractivity contribution in [1.82, 2.24) is 20.4 Å². The Balaban J connectivity index is 1.38. The molecule has 0 aromatic heterocycles. The van der Waals surface area contributed by atoms with Crippen molar-refractivity contribution in [3.8, 4) is 0 Å². The van der Waals surface area contributed by atoms with Crippen LogP contribution in [0.15, 0.2) is 29.3 Å². The second-order valence-corrected chi connectivity index (χ2v) is 7.90. The van der Waals surface area contributed by atoms with Crippen molar-refractivity contribution >= 4 is 11.9 Å². The molecule has 3 rings (SSSR count). The molecular formula is C22H34FN5O. The molecule has 1 saturated carbocycles. The second-order valence-electron chi connectivity index (χ2n) is 7.90. The van der Waals surface area contributed by atoms with Gasteiger partial charge in [0.15, 0.2) is 5.96 Å². The highest BCUT2D eigenvalue weighted by Crippen LogP contribution is 2.26. The Morgan fingerprint density at radius 1 is 1.17 bits per heavy atom. The molecule has 0 radical (unpaired) electrons. The highest BCUT2D eigenvalue weighted by Gasteiger charge is 2.29. The summed E-state index contributed by atoms with van der Waals surface area (Å²) in [5.41, 5.74) is 0.852. The first-order valence-corrected chi connectivity index (χ1v) is 10.9. The van der Waals surface area contributed by atoms with Crippen LogP contribution in [0.5, 0.6) is 0 Å². The van der Waals surface area contributed by atoms with Crippen LogP contribution in [0.25, 0.3) is 0 Å². The van der Waals surface area contributed by atoms with Crippen LogP contribution in [0.4, 0.5) is 4.39 Å². The van der Waals surface area contributed by atoms with Crippen LogP contribution in [0.3, 0.4) is 0 Å². The number of piperazine rings is 1. The van der Waals surface area contributed by atoms with E-state index in [4.69, 9.17) is 0 Å². The van der Waals surface area contributed by atoms with Crippen molar-refractivity contribution in [1.29, 1.82) is 0 Å². The Labute approximate surface area is 173 Å². The van der Waals surface area contributed by atoms with Crippen LogP contribution in [-0.2, 0) is 11.3 Å². The van der Waals surface area contributed by atoms with Gasteiger partial charge in [0.2, 0.25) is 5.91 Å². The molecule has 1 heterocycles. The molecule has 0 atom stereocenters. The number of hydrogen-bond donors (Lipinski definition) is 2. The topological polar surface area (TPSA) is 60.0 Å². The lowest BCUT2D eigenvalue weighted by molar-refractivity contribution is -0.137. The Bertz CT molecular complexity index is 682. The lowest BCUT2D eigenvalue weighted by Crippen LogP contribution is -2.51. The van der Waals surface area contributed by atoms with E-state index < -0.39 is 0 Å². The molecular weight excluding hydrogens is 369 g/mol. The van der Waals surface area contributed by atoms with E-state index in [1.807, 2.05) is 13.0 Å². The first-order chi connectivity index (χ1) is 14.2. The van der Waals surface area contributed by atoms with Crippen molar-refractivity contribution in [3.05, 3.63) is 35.6 Å². The maximum Gasteiger partial charge on any atom is 0.225 e. The molecule has 0 unspecified atom stereocenters. The quantitative estimate of drug-likeness (QED) is 0.541. The first kappa shape index (κ1) is 21.6. The molecule has 0 spiro atoms. The number of aliphatic imine (C=N–C) groups is 1. The fourth-order valence-electron chi connectivity index (χ4n) is 4.10. The summed E-state index contributed by atoms with van der Waals surface area (Å²) in [4.78, 5) is 21.5. The fraction of sp³-hybridized carbons (Fsp3) is 0.636. The summed E-state index contributed by atoms with van der Waals surface area (Å²) in [5.74, 6) is 1.16. The normalized spacial score (nSPS) is 18.8. The van der Waals surface area contributed by atoms with E-state index >= 15 is 0 Å². The zero-order chi connectivity index (χ0) is 20.5. The minimum atomic E-state index is -0.235. The number of rotatable bonds is 7. The Morgan fingerprint density at radius 3 is 2.62 bits per heavy atom. The van der Waals surface area contributed by atoms with Crippen LogP contribution in [0.1, 0.15) is 38.2 Å². The van der Waals surface area contributed by atoms with Crippen molar-refractivity contribution in [2.24, 2.45) is 10.9 Å². The minimum absolute atomic E-state index is 0.235. The maximum absolute atomic E-state index is 13.3. The van der Waals surface area contributed by atoms with Gasteiger partial charge in [-0.25, -0.2) is 9.38 Å². The predicted octanol–water partition coefficient (Wildman–Crippen LogP) is 2.22. The highest BCUT2D eigenvalue weighted by molar-refractivity contribution is 5.80. The molecule has 29 heavy (non-hydrogen) atoms. The standard InChI is InChI=1S/C22H34FN5O/c1-2-24-22(26-17-18-6-5-9-20(23)16-18)25-10-11-27-12-14-28(15-13-27)21(29)19-7-3-4-8-19/h5-6,9,16,19H,2-4,7-8,10-15,17H2,1H3,(H2,24,25,26). The number of carbonyl (C=O) groups excluding carboxylic acids is 1. The van der Waals surface area contributed by atoms with Gasteiger partial charge in [-0.15, -0.1) is 0 Å². The van der Waals surface area contributed by atoms with Crippen LogP contribution in [0.2, 0.25) is 0 Å². The van der Waals surface area contributed by atoms with E-state index in [0.717, 1.165) is 70.2 Å². The molecule has 2 fully saturated rings. The van der Waals surface area contributed by atoms with Gasteiger partial charge in [-0.3, -0.25) is 9.69 Å². The average Bonchev–Trinajstić information content (AvgIpc) is 3.27. The van der Waals surface area contributed by atoms with E-state index in [9.17, 15) is 9.18 Å². The molecule has 1 aromatic carbocycles. The van der Waals surface area contributed by atoms with Gasteiger partial charge in [-0.1, -0.05) is 25.0 Å². The summed E-state index contributed by atoms with van der Waals surface area (Å²) in [6.45, 7) is 8.47. The van der Waals surface area contributed by atoms with E-state index in [0.29, 0.717) is 12.5 Å². The smallest absolute Gasteiger partial charge is 0.225 e. The number of carbonyl (C=O) groups is 1. The van der Waals surface area contributed by atoms with Crippen LogP contribution >= 0.6 is 0 Å². The second kappa shape index (κ2) is 11.1. The number of guanidine groups is 1. The Kier molecular flexibility index (Phi) is 8.28. The third kappa shape index (κ3) is 6.70. The van der Waals surface area contributed by atoms with Crippen molar-refractivity contribution in [2.45, 2.75) is 39.2 Å². The lowest BCUT2D eigenvalue weighted by Gasteiger charge is -2.36. The maximum atomic E-state index is 13.3. The SMILES string of the molecule is CCNC(=NCc1cccc(F)c1)NCCN1CCN(C(=O)C2CCCC2)CC1. The lowest BCUT2D eigenvalue weighted by atomic mass is 10.1. The first-order valence-electron chi connectivity index (χ1n) is 10.9. The average molecular weight is 404 g/mol. The number of nitrogens with one attached hydrogen (secondary N) is 2. The summed E-state index contributed by atoms with van der Waals surface area (Å²) < 4.78 is 13.3. The zero-order valence-electron chi connectivity index (χ0n) is 17.5. The van der Waals surface area contributed by atoms with Gasteiger partial charge in [-0.05, 0) is 37.5 Å². The van der Waals surface area contributed by atoms with Gasteiger partial charge in [0.25, 0.3) is 0 Å². The highest BCUT2D eigenvalue weighted by atomic mass is 19.1. The molecule has 1 aromatic rings. The van der Waals surface area contributed by atoms with Gasteiger partial charge >= 0.3 is 0 Å². The summed E-state index contributed by atoms with van der Waals surface area (Å²) >= 11 is 0. The number of halogens is 1. The molecule has 2 N–H and O–H groups in total. The van der Waals surface area contributed by atoms with Gasteiger partial charge in [0.05, 0.1) is 6.54 Å². The van der Waals surface area contributed by atoms with E-state index in [1.165, 1.54) is 25.0 Å². The monoisotopic (exact) mass is 403 g/mol. The molecule has 1 aliphatic heterocycles. The zero-order valence-corrected chi connectivity index (χ0v) is 17.5. The molecule has 1 aliphatic carbocycles. The fourth-order valence-corrected chi connectivity index (χ4v) is 4.10. The van der Waals surface area contributed by atoms with Crippen LogP contribution in [0, 0.1) is 11.7 Å². The number of nitrogens with zero attached hydrogens (tertiary/aromatic N) is 3. The van der Waals surface area contributed by atoms with Gasteiger partial charge in [0, 0.05) is 51.7 Å². The molecule has 160 valence electrons. The largest absolute Gasteiger partial charge is 0.357 e. The number of amides is 1. The van der Waals surface area contributed by atoms with Crippen LogP contribution < -0.4 is 10.6 Å². The van der Waals surface area contributed by atoms with E-state index in [2.05, 4.69) is 25.4 Å². The summed E-state index contributed by atoms with van der Waals surface area (Å²) in [5, 5.41) is 6.59. The predicted molar refractivity (Wildman–Crippen MR) is 114 cm³/mol. The third-order valence-corrected chi connectivity index (χ3v) is 5.76. The summed E-state index contributed by atoms with van der Waals surface area (Å²) in [6.07, 6.45) is 4.56. The van der Waals surface area contributed by atoms with Crippen molar-refractivity contribution in [3.63, 3.8) is 0 Å². The van der Waals surface area contributed by atoms with Gasteiger partial charge in [-0.2, -0.15) is 0 Å². The van der Waals surface area contributed by atoms with Gasteiger partial charge in [0.1, 0.15) is 5.82 Å². The Hall–Kier alpha value is -2.15. The van der Waals surface area contributed by atoms with Crippen molar-refractivity contribution in [2.75, 3.05) is 45.8 Å². The molecule has 7 heteroatoms. The molecule has 1 amide bonds. The van der Waals surface area contributed by atoms with Crippen molar-refractivity contribution < 1.29 is 9.18 Å². The summed E-state index contributed by atoms with van der Waals surface area (Å²) in [6, 6.07) is 6.54. The number of benzene rings is 1. The Morgan fingerprint density at radius 2 is 1.93 bits per heavy atom. The third-order valence-electron chi connectivity index (χ3n) is 5.76.